The number of H-pyrrole nitrogens is 1. The first kappa shape index (κ1) is 15.4. The molecule has 0 unspecified atom stereocenters. The summed E-state index contributed by atoms with van der Waals surface area (Å²) in [5.74, 6) is 0.997. The number of rotatable bonds is 5. The zero-order valence-electron chi connectivity index (χ0n) is 13.8. The maximum Gasteiger partial charge on any atom is 0.124 e. The number of aryl methyl sites for hydroxylation is 1. The van der Waals surface area contributed by atoms with Gasteiger partial charge in [0.2, 0.25) is 0 Å². The Morgan fingerprint density at radius 3 is 2.77 bits per heavy atom. The Balaban J connectivity index is 1.79. The second-order valence-corrected chi connectivity index (χ2v) is 6.07. The molecule has 0 bridgehead atoms. The average Bonchev–Trinajstić information content (AvgIpc) is 3.02. The number of aromatic amines is 1. The van der Waals surface area contributed by atoms with Gasteiger partial charge < -0.3 is 14.5 Å². The molecule has 1 aromatic heterocycles. The minimum atomic E-state index is 0.438. The molecule has 22 heavy (non-hydrogen) atoms. The molecule has 0 radical (unpaired) electrons. The fourth-order valence-corrected chi connectivity index (χ4v) is 3.47. The van der Waals surface area contributed by atoms with Gasteiger partial charge in [0.25, 0.3) is 0 Å². The van der Waals surface area contributed by atoms with E-state index in [1.165, 1.54) is 22.0 Å². The molecule has 0 aliphatic carbocycles. The van der Waals surface area contributed by atoms with E-state index in [9.17, 15) is 0 Å². The average molecular weight is 302 g/mol. The summed E-state index contributed by atoms with van der Waals surface area (Å²) in [7, 11) is 1.76. The van der Waals surface area contributed by atoms with Gasteiger partial charge in [0.1, 0.15) is 5.75 Å². The molecule has 120 valence electrons. The van der Waals surface area contributed by atoms with Crippen LogP contribution < -0.4 is 4.74 Å². The van der Waals surface area contributed by atoms with Gasteiger partial charge in [-0.25, -0.2) is 0 Å². The van der Waals surface area contributed by atoms with Crippen molar-refractivity contribution in [3.63, 3.8) is 0 Å². The van der Waals surface area contributed by atoms with E-state index >= 15 is 0 Å². The quantitative estimate of drug-likeness (QED) is 0.918. The van der Waals surface area contributed by atoms with E-state index in [1.54, 1.807) is 7.11 Å². The number of nitrogens with one attached hydrogen (secondary N) is 1. The van der Waals surface area contributed by atoms with Crippen molar-refractivity contribution < 1.29 is 9.47 Å². The first-order valence-electron chi connectivity index (χ1n) is 8.20. The van der Waals surface area contributed by atoms with Gasteiger partial charge in [-0.3, -0.25) is 4.90 Å². The lowest BCUT2D eigenvalue weighted by molar-refractivity contribution is 0.0125. The van der Waals surface area contributed by atoms with Crippen LogP contribution in [0.1, 0.15) is 30.9 Å². The molecule has 0 atom stereocenters. The minimum Gasteiger partial charge on any atom is -0.496 e. The van der Waals surface area contributed by atoms with Crippen LogP contribution in [0.15, 0.2) is 18.3 Å². The number of nitrogens with zero attached hydrogens (tertiary/aromatic N) is 1. The fraction of sp³-hybridized carbons (Fsp3) is 0.556. The molecule has 0 spiro atoms. The highest BCUT2D eigenvalue weighted by Gasteiger charge is 2.21. The van der Waals surface area contributed by atoms with Gasteiger partial charge in [-0.15, -0.1) is 0 Å². The number of methoxy groups -OCH3 is 1. The van der Waals surface area contributed by atoms with Crippen molar-refractivity contribution in [2.75, 3.05) is 26.8 Å². The Kier molecular flexibility index (Phi) is 4.69. The molecule has 0 saturated carbocycles. The first-order valence-corrected chi connectivity index (χ1v) is 8.20. The van der Waals surface area contributed by atoms with Crippen LogP contribution in [0, 0.1) is 6.92 Å². The third-order valence-electron chi connectivity index (χ3n) is 4.65. The van der Waals surface area contributed by atoms with Crippen LogP contribution in [0.25, 0.3) is 10.9 Å². The smallest absolute Gasteiger partial charge is 0.124 e. The van der Waals surface area contributed by atoms with Crippen molar-refractivity contribution >= 4 is 10.9 Å². The molecule has 2 heterocycles. The summed E-state index contributed by atoms with van der Waals surface area (Å²) in [6, 6.07) is 4.30. The van der Waals surface area contributed by atoms with Gasteiger partial charge in [0.15, 0.2) is 0 Å². The van der Waals surface area contributed by atoms with Crippen molar-refractivity contribution in [2.45, 2.75) is 39.3 Å². The first-order chi connectivity index (χ1) is 10.7. The molecule has 4 nitrogen and oxygen atoms in total. The number of ether oxygens (including phenoxy) is 2. The van der Waals surface area contributed by atoms with E-state index in [2.05, 4.69) is 35.9 Å². The Hall–Kier alpha value is -1.52. The van der Waals surface area contributed by atoms with Crippen LogP contribution in [0.3, 0.4) is 0 Å². The maximum absolute atomic E-state index is 5.74. The van der Waals surface area contributed by atoms with Crippen LogP contribution in [0.5, 0.6) is 5.75 Å². The summed E-state index contributed by atoms with van der Waals surface area (Å²) in [5.41, 5.74) is 3.75. The van der Waals surface area contributed by atoms with Crippen LogP contribution >= 0.6 is 0 Å². The predicted molar refractivity (Wildman–Crippen MR) is 89.5 cm³/mol. The van der Waals surface area contributed by atoms with E-state index in [0.717, 1.165) is 44.8 Å². The number of hydrogen-bond donors (Lipinski definition) is 1. The number of aromatic nitrogens is 1. The van der Waals surface area contributed by atoms with E-state index in [-0.39, 0.29) is 0 Å². The SMILES string of the molecule is CCOC1CCN(Cc2c(OC)cc(C)c3[nH]ccc23)CC1. The summed E-state index contributed by atoms with van der Waals surface area (Å²) < 4.78 is 11.4. The molecule has 1 saturated heterocycles. The number of benzene rings is 1. The van der Waals surface area contributed by atoms with Crippen LogP contribution in [0.2, 0.25) is 0 Å². The van der Waals surface area contributed by atoms with Gasteiger partial charge in [0.05, 0.1) is 13.2 Å². The summed E-state index contributed by atoms with van der Waals surface area (Å²) >= 11 is 0. The molecule has 2 aromatic rings. The second kappa shape index (κ2) is 6.71. The molecule has 4 heteroatoms. The van der Waals surface area contributed by atoms with Crippen LogP contribution in [-0.4, -0.2) is 42.8 Å². The molecule has 3 rings (SSSR count). The molecular formula is C18H26N2O2. The molecule has 1 aliphatic heterocycles. The summed E-state index contributed by atoms with van der Waals surface area (Å²) in [4.78, 5) is 5.86. The Morgan fingerprint density at radius 1 is 1.32 bits per heavy atom. The third-order valence-corrected chi connectivity index (χ3v) is 4.65. The van der Waals surface area contributed by atoms with Gasteiger partial charge >= 0.3 is 0 Å². The lowest BCUT2D eigenvalue weighted by atomic mass is 10.0. The van der Waals surface area contributed by atoms with Crippen molar-refractivity contribution in [3.05, 3.63) is 29.5 Å². The lowest BCUT2D eigenvalue weighted by Gasteiger charge is -2.32. The molecule has 1 fully saturated rings. The van der Waals surface area contributed by atoms with E-state index in [4.69, 9.17) is 9.47 Å². The van der Waals surface area contributed by atoms with Crippen molar-refractivity contribution in [3.8, 4) is 5.75 Å². The number of hydrogen-bond acceptors (Lipinski definition) is 3. The molecular weight excluding hydrogens is 276 g/mol. The predicted octanol–water partition coefficient (Wildman–Crippen LogP) is 3.49. The summed E-state index contributed by atoms with van der Waals surface area (Å²) in [5, 5.41) is 1.28. The van der Waals surface area contributed by atoms with Gasteiger partial charge in [-0.05, 0) is 44.4 Å². The Bertz CT molecular complexity index is 627. The highest BCUT2D eigenvalue weighted by Crippen LogP contribution is 2.32. The van der Waals surface area contributed by atoms with Gasteiger partial charge in [0, 0.05) is 48.9 Å². The molecule has 0 amide bonds. The number of fused-ring (bicyclic) bond motifs is 1. The Morgan fingerprint density at radius 2 is 2.09 bits per heavy atom. The molecule has 1 aromatic carbocycles. The van der Waals surface area contributed by atoms with Crippen molar-refractivity contribution in [2.24, 2.45) is 0 Å². The number of likely N-dealkylation sites (tertiary alicyclic amines) is 1. The Labute approximate surface area is 132 Å². The molecule has 1 N–H and O–H groups in total. The molecule has 1 aliphatic rings. The largest absolute Gasteiger partial charge is 0.496 e. The highest BCUT2D eigenvalue weighted by molar-refractivity contribution is 5.88. The van der Waals surface area contributed by atoms with Crippen LogP contribution in [0.4, 0.5) is 0 Å². The fourth-order valence-electron chi connectivity index (χ4n) is 3.47. The number of piperidine rings is 1. The third kappa shape index (κ3) is 2.99. The zero-order chi connectivity index (χ0) is 15.5. The van der Waals surface area contributed by atoms with Crippen molar-refractivity contribution in [1.29, 1.82) is 0 Å². The minimum absolute atomic E-state index is 0.438. The maximum atomic E-state index is 5.74. The van der Waals surface area contributed by atoms with Crippen LogP contribution in [-0.2, 0) is 11.3 Å². The standard InChI is InChI=1S/C18H26N2O2/c1-4-22-14-6-9-20(10-7-14)12-16-15-5-8-19-18(15)13(2)11-17(16)21-3/h5,8,11,14,19H,4,6-7,9-10,12H2,1-3H3. The topological polar surface area (TPSA) is 37.5 Å². The van der Waals surface area contributed by atoms with Gasteiger partial charge in [-0.1, -0.05) is 0 Å². The van der Waals surface area contributed by atoms with E-state index < -0.39 is 0 Å². The van der Waals surface area contributed by atoms with Gasteiger partial charge in [-0.2, -0.15) is 0 Å². The second-order valence-electron chi connectivity index (χ2n) is 6.07. The summed E-state index contributed by atoms with van der Waals surface area (Å²) in [6.07, 6.45) is 4.70. The van der Waals surface area contributed by atoms with Crippen molar-refractivity contribution in [1.82, 2.24) is 9.88 Å². The lowest BCUT2D eigenvalue weighted by Crippen LogP contribution is -2.36. The normalized spacial score (nSPS) is 17.2. The monoisotopic (exact) mass is 302 g/mol. The highest BCUT2D eigenvalue weighted by atomic mass is 16.5. The van der Waals surface area contributed by atoms with E-state index in [1.807, 2.05) is 6.20 Å². The summed E-state index contributed by atoms with van der Waals surface area (Å²) in [6.45, 7) is 8.14. The zero-order valence-corrected chi connectivity index (χ0v) is 13.8. The van der Waals surface area contributed by atoms with E-state index in [0.29, 0.717) is 6.10 Å².